The van der Waals surface area contributed by atoms with Crippen LogP contribution in [0.15, 0.2) is 18.2 Å². The molecular weight excluding hydrogens is 227 g/mol. The lowest BCUT2D eigenvalue weighted by atomic mass is 10.2. The molecule has 0 aliphatic rings. The van der Waals surface area contributed by atoms with Crippen molar-refractivity contribution in [2.75, 3.05) is 19.0 Å². The van der Waals surface area contributed by atoms with Crippen molar-refractivity contribution in [3.05, 3.63) is 29.6 Å². The quantitative estimate of drug-likeness (QED) is 0.766. The molecule has 0 radical (unpaired) electrons. The van der Waals surface area contributed by atoms with Crippen LogP contribution in [-0.4, -0.2) is 25.5 Å². The lowest BCUT2D eigenvalue weighted by molar-refractivity contribution is -0.116. The van der Waals surface area contributed by atoms with Gasteiger partial charge in [0.15, 0.2) is 0 Å². The van der Waals surface area contributed by atoms with Crippen molar-refractivity contribution in [2.24, 2.45) is 5.73 Å². The summed E-state index contributed by atoms with van der Waals surface area (Å²) in [6.07, 6.45) is 0.0852. The number of ether oxygens (including phenoxy) is 1. The number of carbonyl (C=O) groups is 2. The smallest absolute Gasteiger partial charge is 0.337 e. The van der Waals surface area contributed by atoms with Crippen molar-refractivity contribution in [3.63, 3.8) is 0 Å². The Balaban J connectivity index is 2.90. The predicted molar refractivity (Wildman–Crippen MR) is 60.0 cm³/mol. The third kappa shape index (κ3) is 3.53. The van der Waals surface area contributed by atoms with Crippen molar-refractivity contribution >= 4 is 17.6 Å². The number of nitrogens with two attached hydrogens (primary N) is 1. The number of hydrogen-bond donors (Lipinski definition) is 2. The first-order valence-electron chi connectivity index (χ1n) is 4.96. The van der Waals surface area contributed by atoms with Crippen LogP contribution < -0.4 is 11.1 Å². The Morgan fingerprint density at radius 3 is 2.76 bits per heavy atom. The number of benzene rings is 1. The van der Waals surface area contributed by atoms with Crippen LogP contribution in [0.2, 0.25) is 0 Å². The van der Waals surface area contributed by atoms with Crippen LogP contribution in [-0.2, 0) is 9.53 Å². The zero-order valence-corrected chi connectivity index (χ0v) is 9.33. The molecule has 0 aromatic heterocycles. The number of hydrogen-bond acceptors (Lipinski definition) is 4. The molecule has 0 saturated heterocycles. The molecule has 0 unspecified atom stereocenters. The van der Waals surface area contributed by atoms with E-state index in [1.165, 1.54) is 19.2 Å². The summed E-state index contributed by atoms with van der Waals surface area (Å²) in [6, 6.07) is 3.58. The monoisotopic (exact) mass is 240 g/mol. The van der Waals surface area contributed by atoms with Crippen LogP contribution in [0.25, 0.3) is 0 Å². The van der Waals surface area contributed by atoms with E-state index in [4.69, 9.17) is 5.73 Å². The topological polar surface area (TPSA) is 81.4 Å². The van der Waals surface area contributed by atoms with E-state index in [0.29, 0.717) is 0 Å². The molecule has 5 nitrogen and oxygen atoms in total. The van der Waals surface area contributed by atoms with Gasteiger partial charge in [-0.15, -0.1) is 0 Å². The molecule has 6 heteroatoms. The van der Waals surface area contributed by atoms with Crippen molar-refractivity contribution in [3.8, 4) is 0 Å². The van der Waals surface area contributed by atoms with Crippen LogP contribution in [0.5, 0.6) is 0 Å². The highest BCUT2D eigenvalue weighted by Crippen LogP contribution is 2.17. The van der Waals surface area contributed by atoms with Crippen molar-refractivity contribution < 1.29 is 18.7 Å². The van der Waals surface area contributed by atoms with Gasteiger partial charge in [-0.25, -0.2) is 9.18 Å². The summed E-state index contributed by atoms with van der Waals surface area (Å²) in [6.45, 7) is 0.171. The van der Waals surface area contributed by atoms with Crippen LogP contribution in [0.1, 0.15) is 16.8 Å². The molecular formula is C11H13FN2O3. The lowest BCUT2D eigenvalue weighted by Gasteiger charge is -2.07. The second kappa shape index (κ2) is 5.95. The molecule has 92 valence electrons. The highest BCUT2D eigenvalue weighted by atomic mass is 19.1. The van der Waals surface area contributed by atoms with Gasteiger partial charge in [-0.05, 0) is 18.2 Å². The molecule has 0 atom stereocenters. The Morgan fingerprint density at radius 1 is 1.47 bits per heavy atom. The molecule has 0 heterocycles. The number of rotatable bonds is 4. The summed E-state index contributed by atoms with van der Waals surface area (Å²) in [5.74, 6) is -1.63. The largest absolute Gasteiger partial charge is 0.465 e. The molecule has 1 aromatic rings. The van der Waals surface area contributed by atoms with E-state index in [1.807, 2.05) is 0 Å². The minimum absolute atomic E-state index is 0.0636. The van der Waals surface area contributed by atoms with Crippen LogP contribution in [0.3, 0.4) is 0 Å². The molecule has 1 amide bonds. The lowest BCUT2D eigenvalue weighted by Crippen LogP contribution is -2.17. The fraction of sp³-hybridized carbons (Fsp3) is 0.273. The predicted octanol–water partition coefficient (Wildman–Crippen LogP) is 0.900. The first-order valence-corrected chi connectivity index (χ1v) is 4.96. The second-order valence-corrected chi connectivity index (χ2v) is 3.27. The van der Waals surface area contributed by atoms with Gasteiger partial charge < -0.3 is 15.8 Å². The van der Waals surface area contributed by atoms with E-state index in [1.54, 1.807) is 0 Å². The average Bonchev–Trinajstić information content (AvgIpc) is 2.31. The standard InChI is InChI=1S/C11H13FN2O3/c1-17-11(16)7-2-3-8(12)9(6-7)14-10(15)4-5-13/h2-3,6H,4-5,13H2,1H3,(H,14,15). The zero-order chi connectivity index (χ0) is 12.8. The first kappa shape index (κ1) is 13.1. The molecule has 0 saturated carbocycles. The molecule has 1 aromatic carbocycles. The van der Waals surface area contributed by atoms with E-state index in [9.17, 15) is 14.0 Å². The van der Waals surface area contributed by atoms with Crippen LogP contribution in [0.4, 0.5) is 10.1 Å². The van der Waals surface area contributed by atoms with Crippen LogP contribution in [0, 0.1) is 5.82 Å². The van der Waals surface area contributed by atoms with Gasteiger partial charge in [0.05, 0.1) is 18.4 Å². The van der Waals surface area contributed by atoms with Gasteiger partial charge in [-0.1, -0.05) is 0 Å². The first-order chi connectivity index (χ1) is 8.08. The Kier molecular flexibility index (Phi) is 4.59. The van der Waals surface area contributed by atoms with Crippen LogP contribution >= 0.6 is 0 Å². The second-order valence-electron chi connectivity index (χ2n) is 3.27. The Bertz CT molecular complexity index is 435. The van der Waals surface area contributed by atoms with E-state index >= 15 is 0 Å². The number of halogens is 1. The molecule has 1 rings (SSSR count). The SMILES string of the molecule is COC(=O)c1ccc(F)c(NC(=O)CCN)c1. The number of anilines is 1. The highest BCUT2D eigenvalue weighted by Gasteiger charge is 2.11. The average molecular weight is 240 g/mol. The van der Waals surface area contributed by atoms with Crippen molar-refractivity contribution in [1.29, 1.82) is 0 Å². The van der Waals surface area contributed by atoms with Gasteiger partial charge in [-0.3, -0.25) is 4.79 Å². The molecule has 0 aliphatic heterocycles. The van der Waals surface area contributed by atoms with Gasteiger partial charge in [-0.2, -0.15) is 0 Å². The normalized spacial score (nSPS) is 9.82. The number of methoxy groups -OCH3 is 1. The summed E-state index contributed by atoms with van der Waals surface area (Å²) in [5.41, 5.74) is 5.29. The number of amides is 1. The van der Waals surface area contributed by atoms with Crippen molar-refractivity contribution in [1.82, 2.24) is 0 Å². The number of carbonyl (C=O) groups excluding carboxylic acids is 2. The minimum Gasteiger partial charge on any atom is -0.465 e. The number of nitrogens with one attached hydrogen (secondary N) is 1. The molecule has 0 spiro atoms. The summed E-state index contributed by atoms with van der Waals surface area (Å²) >= 11 is 0. The van der Waals surface area contributed by atoms with Gasteiger partial charge >= 0.3 is 5.97 Å². The van der Waals surface area contributed by atoms with Gasteiger partial charge in [0.25, 0.3) is 0 Å². The van der Waals surface area contributed by atoms with E-state index in [0.717, 1.165) is 6.07 Å². The molecule has 3 N–H and O–H groups in total. The van der Waals surface area contributed by atoms with Gasteiger partial charge in [0.2, 0.25) is 5.91 Å². The summed E-state index contributed by atoms with van der Waals surface area (Å²) in [5, 5.41) is 2.33. The fourth-order valence-corrected chi connectivity index (χ4v) is 1.21. The molecule has 17 heavy (non-hydrogen) atoms. The summed E-state index contributed by atoms with van der Waals surface area (Å²) in [4.78, 5) is 22.5. The Hall–Kier alpha value is -1.95. The zero-order valence-electron chi connectivity index (χ0n) is 9.33. The summed E-state index contributed by atoms with van der Waals surface area (Å²) < 4.78 is 17.8. The third-order valence-electron chi connectivity index (χ3n) is 2.03. The highest BCUT2D eigenvalue weighted by molar-refractivity contribution is 5.94. The molecule has 0 fully saturated rings. The maximum absolute atomic E-state index is 13.3. The maximum atomic E-state index is 13.3. The third-order valence-corrected chi connectivity index (χ3v) is 2.03. The maximum Gasteiger partial charge on any atom is 0.337 e. The van der Waals surface area contributed by atoms with Gasteiger partial charge in [0.1, 0.15) is 5.82 Å². The number of esters is 1. The molecule has 0 aliphatic carbocycles. The van der Waals surface area contributed by atoms with E-state index < -0.39 is 17.7 Å². The Morgan fingerprint density at radius 2 is 2.18 bits per heavy atom. The van der Waals surface area contributed by atoms with E-state index in [2.05, 4.69) is 10.1 Å². The summed E-state index contributed by atoms with van der Waals surface area (Å²) in [7, 11) is 1.22. The van der Waals surface area contributed by atoms with Gasteiger partial charge in [0, 0.05) is 13.0 Å². The Labute approximate surface area is 97.7 Å². The minimum atomic E-state index is -0.622. The van der Waals surface area contributed by atoms with E-state index in [-0.39, 0.29) is 24.2 Å². The fourth-order valence-electron chi connectivity index (χ4n) is 1.21. The van der Waals surface area contributed by atoms with Crippen molar-refractivity contribution in [2.45, 2.75) is 6.42 Å². The molecule has 0 bridgehead atoms.